The lowest BCUT2D eigenvalue weighted by atomic mass is 10.5. The van der Waals surface area contributed by atoms with E-state index in [0.29, 0.717) is 0 Å². The van der Waals surface area contributed by atoms with E-state index >= 15 is 0 Å². The quantitative estimate of drug-likeness (QED) is 0.742. The zero-order chi connectivity index (χ0) is 9.10. The summed E-state index contributed by atoms with van der Waals surface area (Å²) in [6, 6.07) is 8.37. The van der Waals surface area contributed by atoms with E-state index in [1.165, 1.54) is 10.0 Å². The zero-order valence-electron chi connectivity index (χ0n) is 7.14. The molecule has 3 heteroatoms. The van der Waals surface area contributed by atoms with Crippen LogP contribution >= 0.6 is 22.7 Å². The van der Waals surface area contributed by atoms with Crippen molar-refractivity contribution >= 4 is 32.7 Å². The van der Waals surface area contributed by atoms with Crippen LogP contribution in [0.3, 0.4) is 0 Å². The average Bonchev–Trinajstić information content (AvgIpc) is 2.76. The second kappa shape index (κ2) is 3.94. The molecule has 67 valence electrons. The molecule has 0 bridgehead atoms. The molecule has 0 N–H and O–H groups in total. The molecule has 0 aliphatic heterocycles. The number of nitrogens with zero attached hydrogens (tertiary/aromatic N) is 1. The highest BCUT2D eigenvalue weighted by atomic mass is 32.1. The van der Waals surface area contributed by atoms with Crippen molar-refractivity contribution in [2.75, 3.05) is 11.4 Å². The minimum absolute atomic E-state index is 0.779. The van der Waals surface area contributed by atoms with Crippen LogP contribution in [0.15, 0.2) is 35.0 Å². The van der Waals surface area contributed by atoms with Gasteiger partial charge in [0.25, 0.3) is 0 Å². The Morgan fingerprint density at radius 2 is 1.62 bits per heavy atom. The van der Waals surface area contributed by atoms with Crippen LogP contribution in [0.25, 0.3) is 0 Å². The maximum absolute atomic E-state index is 3.94. The first-order valence-corrected chi connectivity index (χ1v) is 5.81. The fourth-order valence-corrected chi connectivity index (χ4v) is 2.77. The van der Waals surface area contributed by atoms with Gasteiger partial charge in [0.15, 0.2) is 0 Å². The number of hydrogen-bond acceptors (Lipinski definition) is 3. The van der Waals surface area contributed by atoms with Crippen molar-refractivity contribution in [2.45, 2.75) is 0 Å². The van der Waals surface area contributed by atoms with E-state index < -0.39 is 0 Å². The third kappa shape index (κ3) is 1.76. The van der Waals surface area contributed by atoms with Crippen LogP contribution in [0.4, 0.5) is 10.0 Å². The predicted octanol–water partition coefficient (Wildman–Crippen LogP) is 3.78. The molecule has 0 saturated heterocycles. The first-order chi connectivity index (χ1) is 6.42. The van der Waals surface area contributed by atoms with Crippen molar-refractivity contribution < 1.29 is 0 Å². The van der Waals surface area contributed by atoms with E-state index in [4.69, 9.17) is 0 Å². The molecule has 0 unspecified atom stereocenters. The van der Waals surface area contributed by atoms with E-state index in [1.807, 2.05) is 0 Å². The Morgan fingerprint density at radius 1 is 1.08 bits per heavy atom. The smallest absolute Gasteiger partial charge is 0.0959 e. The molecule has 0 spiro atoms. The first kappa shape index (κ1) is 8.78. The summed E-state index contributed by atoms with van der Waals surface area (Å²) in [6.45, 7) is 4.72. The predicted molar refractivity (Wildman–Crippen MR) is 61.0 cm³/mol. The van der Waals surface area contributed by atoms with Gasteiger partial charge in [0.2, 0.25) is 0 Å². The topological polar surface area (TPSA) is 3.24 Å². The van der Waals surface area contributed by atoms with Gasteiger partial charge in [-0.25, -0.2) is 0 Å². The van der Waals surface area contributed by atoms with E-state index in [1.54, 1.807) is 22.7 Å². The second-order valence-electron chi connectivity index (χ2n) is 2.55. The molecule has 0 atom stereocenters. The molecular formula is C10H10NS2. The number of anilines is 2. The van der Waals surface area contributed by atoms with Crippen LogP contribution in [0.2, 0.25) is 0 Å². The van der Waals surface area contributed by atoms with Gasteiger partial charge < -0.3 is 4.90 Å². The SMILES string of the molecule is [CH2]CN(c1cccs1)c1cccs1. The molecule has 2 aromatic rings. The van der Waals surface area contributed by atoms with Crippen molar-refractivity contribution in [2.24, 2.45) is 0 Å². The molecular weight excluding hydrogens is 198 g/mol. The molecule has 0 saturated carbocycles. The number of hydrogen-bond donors (Lipinski definition) is 0. The molecule has 2 aromatic heterocycles. The Labute approximate surface area is 86.3 Å². The summed E-state index contributed by atoms with van der Waals surface area (Å²) in [6.07, 6.45) is 0. The van der Waals surface area contributed by atoms with E-state index in [-0.39, 0.29) is 0 Å². The summed E-state index contributed by atoms with van der Waals surface area (Å²) < 4.78 is 0. The lowest BCUT2D eigenvalue weighted by molar-refractivity contribution is 1.13. The molecule has 1 nitrogen and oxygen atoms in total. The van der Waals surface area contributed by atoms with Crippen LogP contribution in [0, 0.1) is 6.92 Å². The highest BCUT2D eigenvalue weighted by Crippen LogP contribution is 2.31. The van der Waals surface area contributed by atoms with Gasteiger partial charge in [0.05, 0.1) is 10.0 Å². The summed E-state index contributed by atoms with van der Waals surface area (Å²) in [5.41, 5.74) is 0. The Bertz CT molecular complexity index is 303. The van der Waals surface area contributed by atoms with Gasteiger partial charge in [-0.3, -0.25) is 0 Å². The largest absolute Gasteiger partial charge is 0.325 e. The van der Waals surface area contributed by atoms with Crippen molar-refractivity contribution in [3.63, 3.8) is 0 Å². The summed E-state index contributed by atoms with van der Waals surface area (Å²) in [7, 11) is 0. The molecule has 1 radical (unpaired) electrons. The lowest BCUT2D eigenvalue weighted by Crippen LogP contribution is -2.12. The monoisotopic (exact) mass is 208 g/mol. The van der Waals surface area contributed by atoms with Crippen molar-refractivity contribution in [1.29, 1.82) is 0 Å². The van der Waals surface area contributed by atoms with Gasteiger partial charge in [0.1, 0.15) is 0 Å². The second-order valence-corrected chi connectivity index (χ2v) is 4.41. The molecule has 0 amide bonds. The van der Waals surface area contributed by atoms with Gasteiger partial charge in [0, 0.05) is 6.54 Å². The van der Waals surface area contributed by atoms with Gasteiger partial charge in [-0.2, -0.15) is 0 Å². The van der Waals surface area contributed by atoms with Gasteiger partial charge in [-0.15, -0.1) is 22.7 Å². The highest BCUT2D eigenvalue weighted by molar-refractivity contribution is 7.16. The lowest BCUT2D eigenvalue weighted by Gasteiger charge is -2.18. The van der Waals surface area contributed by atoms with Crippen molar-refractivity contribution in [1.82, 2.24) is 0 Å². The number of thiophene rings is 2. The summed E-state index contributed by atoms with van der Waals surface area (Å²) in [4.78, 5) is 2.22. The maximum atomic E-state index is 3.94. The molecule has 2 rings (SSSR count). The minimum atomic E-state index is 0.779. The van der Waals surface area contributed by atoms with E-state index in [0.717, 1.165) is 6.54 Å². The summed E-state index contributed by atoms with van der Waals surface area (Å²) in [5.74, 6) is 0. The Hall–Kier alpha value is -0.800. The van der Waals surface area contributed by atoms with Gasteiger partial charge in [-0.1, -0.05) is 0 Å². The van der Waals surface area contributed by atoms with E-state index in [2.05, 4.69) is 46.8 Å². The third-order valence-corrected chi connectivity index (χ3v) is 3.55. The molecule has 0 aromatic carbocycles. The maximum Gasteiger partial charge on any atom is 0.0959 e. The molecule has 0 fully saturated rings. The standard InChI is InChI=1S/C10H10NS2/c1-2-11(9-5-3-7-12-9)10-6-4-8-13-10/h3-8H,1-2H2. The fraction of sp³-hybridized carbons (Fsp3) is 0.100. The Kier molecular flexibility index (Phi) is 2.66. The minimum Gasteiger partial charge on any atom is -0.325 e. The Balaban J connectivity index is 2.29. The molecule has 13 heavy (non-hydrogen) atoms. The molecule has 0 aliphatic carbocycles. The highest BCUT2D eigenvalue weighted by Gasteiger charge is 2.07. The van der Waals surface area contributed by atoms with Crippen LogP contribution in [-0.4, -0.2) is 6.54 Å². The van der Waals surface area contributed by atoms with E-state index in [9.17, 15) is 0 Å². The summed E-state index contributed by atoms with van der Waals surface area (Å²) >= 11 is 3.49. The van der Waals surface area contributed by atoms with Crippen LogP contribution in [-0.2, 0) is 0 Å². The van der Waals surface area contributed by atoms with Crippen molar-refractivity contribution in [3.05, 3.63) is 41.9 Å². The van der Waals surface area contributed by atoms with Crippen LogP contribution in [0.5, 0.6) is 0 Å². The van der Waals surface area contributed by atoms with Crippen LogP contribution in [0.1, 0.15) is 0 Å². The Morgan fingerprint density at radius 3 is 1.92 bits per heavy atom. The van der Waals surface area contributed by atoms with Crippen LogP contribution < -0.4 is 4.90 Å². The fourth-order valence-electron chi connectivity index (χ4n) is 1.18. The summed E-state index contributed by atoms with van der Waals surface area (Å²) in [5, 5.41) is 6.70. The zero-order valence-corrected chi connectivity index (χ0v) is 8.78. The van der Waals surface area contributed by atoms with Gasteiger partial charge in [-0.05, 0) is 41.9 Å². The third-order valence-electron chi connectivity index (χ3n) is 1.77. The average molecular weight is 208 g/mol. The molecule has 0 aliphatic rings. The van der Waals surface area contributed by atoms with Crippen molar-refractivity contribution in [3.8, 4) is 0 Å². The van der Waals surface area contributed by atoms with Gasteiger partial charge >= 0.3 is 0 Å². The first-order valence-electron chi connectivity index (χ1n) is 4.05. The molecule has 2 heterocycles. The number of rotatable bonds is 3. The normalized spacial score (nSPS) is 10.2.